The Bertz CT molecular complexity index is 609. The molecule has 1 fully saturated rings. The Morgan fingerprint density at radius 2 is 1.95 bits per heavy atom. The first-order chi connectivity index (χ1) is 9.23. The normalized spacial score (nSPS) is 23.9. The van der Waals surface area contributed by atoms with Crippen LogP contribution in [0, 0.1) is 12.3 Å². The third kappa shape index (κ3) is 3.02. The van der Waals surface area contributed by atoms with E-state index >= 15 is 0 Å². The lowest BCUT2D eigenvalue weighted by Crippen LogP contribution is -2.35. The molecular weight excluding hydrogens is 278 g/mol. The number of carboxylic acids is 1. The minimum Gasteiger partial charge on any atom is -0.481 e. The molecule has 0 bridgehead atoms. The number of nitrogens with zero attached hydrogens (tertiary/aromatic N) is 1. The third-order valence-electron chi connectivity index (χ3n) is 3.82. The molecule has 1 aliphatic rings. The topological polar surface area (TPSA) is 74.7 Å². The molecule has 0 saturated carbocycles. The second-order valence-corrected chi connectivity index (χ2v) is 7.66. The van der Waals surface area contributed by atoms with Crippen LogP contribution in [0.1, 0.15) is 24.5 Å². The zero-order chi connectivity index (χ0) is 15.0. The summed E-state index contributed by atoms with van der Waals surface area (Å²) in [5, 5.41) is 9.15. The van der Waals surface area contributed by atoms with Crippen molar-refractivity contribution in [1.29, 1.82) is 0 Å². The summed E-state index contributed by atoms with van der Waals surface area (Å²) >= 11 is 0. The summed E-state index contributed by atoms with van der Waals surface area (Å²) in [5.74, 6) is -1.02. The molecule has 1 saturated heterocycles. The van der Waals surface area contributed by atoms with Gasteiger partial charge < -0.3 is 5.11 Å². The van der Waals surface area contributed by atoms with Crippen LogP contribution >= 0.6 is 0 Å². The summed E-state index contributed by atoms with van der Waals surface area (Å²) in [4.78, 5) is 11.2. The number of hydrogen-bond donors (Lipinski definition) is 1. The van der Waals surface area contributed by atoms with E-state index in [0.29, 0.717) is 6.42 Å². The van der Waals surface area contributed by atoms with Crippen molar-refractivity contribution in [1.82, 2.24) is 4.31 Å². The highest BCUT2D eigenvalue weighted by Gasteiger charge is 2.44. The van der Waals surface area contributed by atoms with E-state index in [4.69, 9.17) is 5.11 Å². The average molecular weight is 297 g/mol. The molecule has 0 aromatic heterocycles. The molecule has 1 aromatic rings. The van der Waals surface area contributed by atoms with Gasteiger partial charge >= 0.3 is 5.97 Å². The van der Waals surface area contributed by atoms with Crippen LogP contribution in [0.15, 0.2) is 24.3 Å². The van der Waals surface area contributed by atoms with Gasteiger partial charge in [0.25, 0.3) is 0 Å². The van der Waals surface area contributed by atoms with Gasteiger partial charge in [-0.2, -0.15) is 0 Å². The number of rotatable bonds is 4. The van der Waals surface area contributed by atoms with E-state index in [1.54, 1.807) is 19.1 Å². The van der Waals surface area contributed by atoms with Crippen LogP contribution in [0.3, 0.4) is 0 Å². The van der Waals surface area contributed by atoms with Crippen molar-refractivity contribution in [2.24, 2.45) is 5.41 Å². The SMILES string of the molecule is Cc1ccc(CS(=O)(=O)N2CCC(C)(C(=O)O)C2)cc1. The Morgan fingerprint density at radius 3 is 2.45 bits per heavy atom. The van der Waals surface area contributed by atoms with Crippen LogP contribution in [0.25, 0.3) is 0 Å². The fourth-order valence-electron chi connectivity index (χ4n) is 2.32. The number of carboxylic acid groups (broad SMARTS) is 1. The second kappa shape index (κ2) is 5.18. The van der Waals surface area contributed by atoms with Gasteiger partial charge in [0.15, 0.2) is 0 Å². The highest BCUT2D eigenvalue weighted by atomic mass is 32.2. The lowest BCUT2D eigenvalue weighted by atomic mass is 9.90. The first-order valence-corrected chi connectivity index (χ1v) is 8.11. The molecule has 6 heteroatoms. The Kier molecular flexibility index (Phi) is 3.88. The van der Waals surface area contributed by atoms with Gasteiger partial charge in [0.05, 0.1) is 11.2 Å². The number of hydrogen-bond acceptors (Lipinski definition) is 3. The van der Waals surface area contributed by atoms with Gasteiger partial charge in [0, 0.05) is 13.1 Å². The Hall–Kier alpha value is -1.40. The number of benzene rings is 1. The summed E-state index contributed by atoms with van der Waals surface area (Å²) in [6.07, 6.45) is 0.357. The van der Waals surface area contributed by atoms with Gasteiger partial charge in [-0.25, -0.2) is 12.7 Å². The zero-order valence-electron chi connectivity index (χ0n) is 11.7. The van der Waals surface area contributed by atoms with Crippen molar-refractivity contribution < 1.29 is 18.3 Å². The predicted octanol–water partition coefficient (Wildman–Crippen LogP) is 1.62. The molecule has 0 spiro atoms. The average Bonchev–Trinajstić information content (AvgIpc) is 2.77. The zero-order valence-corrected chi connectivity index (χ0v) is 12.5. The largest absolute Gasteiger partial charge is 0.481 e. The summed E-state index contributed by atoms with van der Waals surface area (Å²) in [6.45, 7) is 3.86. The predicted molar refractivity (Wildman–Crippen MR) is 75.7 cm³/mol. The molecule has 110 valence electrons. The van der Waals surface area contributed by atoms with Crippen LogP contribution in [-0.2, 0) is 20.6 Å². The van der Waals surface area contributed by atoms with Crippen LogP contribution in [-0.4, -0.2) is 36.9 Å². The lowest BCUT2D eigenvalue weighted by Gasteiger charge is -2.20. The fourth-order valence-corrected chi connectivity index (χ4v) is 3.96. The molecule has 1 atom stereocenters. The smallest absolute Gasteiger partial charge is 0.310 e. The molecule has 0 aliphatic carbocycles. The van der Waals surface area contributed by atoms with Crippen molar-refractivity contribution in [2.45, 2.75) is 26.0 Å². The van der Waals surface area contributed by atoms with Crippen molar-refractivity contribution in [2.75, 3.05) is 13.1 Å². The molecule has 0 radical (unpaired) electrons. The Labute approximate surface area is 119 Å². The van der Waals surface area contributed by atoms with Crippen molar-refractivity contribution in [3.05, 3.63) is 35.4 Å². The minimum atomic E-state index is -3.46. The van der Waals surface area contributed by atoms with E-state index in [-0.39, 0.29) is 18.8 Å². The van der Waals surface area contributed by atoms with E-state index in [2.05, 4.69) is 0 Å². The number of carbonyl (C=O) groups is 1. The second-order valence-electron chi connectivity index (χ2n) is 5.69. The standard InChI is InChI=1S/C14H19NO4S/c1-11-3-5-12(6-4-11)9-20(18,19)15-8-7-14(2,10-15)13(16)17/h3-6H,7-10H2,1-2H3,(H,16,17). The molecule has 1 aliphatic heterocycles. The summed E-state index contributed by atoms with van der Waals surface area (Å²) in [5.41, 5.74) is 0.825. The summed E-state index contributed by atoms with van der Waals surface area (Å²) < 4.78 is 26.0. The van der Waals surface area contributed by atoms with Crippen molar-refractivity contribution in [3.8, 4) is 0 Å². The van der Waals surface area contributed by atoms with Crippen LogP contribution in [0.5, 0.6) is 0 Å². The van der Waals surface area contributed by atoms with E-state index in [9.17, 15) is 13.2 Å². The minimum absolute atomic E-state index is 0.0521. The monoisotopic (exact) mass is 297 g/mol. The number of aliphatic carboxylic acids is 1. The molecule has 0 amide bonds. The van der Waals surface area contributed by atoms with Crippen LogP contribution in [0.4, 0.5) is 0 Å². The molecule has 5 nitrogen and oxygen atoms in total. The van der Waals surface area contributed by atoms with E-state index in [1.165, 1.54) is 4.31 Å². The number of aryl methyl sites for hydroxylation is 1. The van der Waals surface area contributed by atoms with E-state index < -0.39 is 21.4 Å². The number of sulfonamides is 1. The van der Waals surface area contributed by atoms with Crippen molar-refractivity contribution in [3.63, 3.8) is 0 Å². The quantitative estimate of drug-likeness (QED) is 0.916. The van der Waals surface area contributed by atoms with E-state index in [0.717, 1.165) is 11.1 Å². The molecule has 1 aromatic carbocycles. The van der Waals surface area contributed by atoms with Gasteiger partial charge in [-0.05, 0) is 25.8 Å². The van der Waals surface area contributed by atoms with Gasteiger partial charge in [-0.1, -0.05) is 29.8 Å². The first kappa shape index (κ1) is 15.0. The summed E-state index contributed by atoms with van der Waals surface area (Å²) in [6, 6.07) is 7.32. The molecule has 1 heterocycles. The first-order valence-electron chi connectivity index (χ1n) is 6.50. The molecule has 2 rings (SSSR count). The molecule has 1 unspecified atom stereocenters. The van der Waals surface area contributed by atoms with Crippen molar-refractivity contribution >= 4 is 16.0 Å². The molecular formula is C14H19NO4S. The summed E-state index contributed by atoms with van der Waals surface area (Å²) in [7, 11) is -3.46. The lowest BCUT2D eigenvalue weighted by molar-refractivity contribution is -0.146. The van der Waals surface area contributed by atoms with Gasteiger partial charge in [0.2, 0.25) is 10.0 Å². The maximum Gasteiger partial charge on any atom is 0.310 e. The van der Waals surface area contributed by atoms with Crippen LogP contribution in [0.2, 0.25) is 0 Å². The van der Waals surface area contributed by atoms with E-state index in [1.807, 2.05) is 19.1 Å². The van der Waals surface area contributed by atoms with Gasteiger partial charge in [-0.15, -0.1) is 0 Å². The third-order valence-corrected chi connectivity index (χ3v) is 5.61. The van der Waals surface area contributed by atoms with Gasteiger partial charge in [0.1, 0.15) is 0 Å². The van der Waals surface area contributed by atoms with Gasteiger partial charge in [-0.3, -0.25) is 4.79 Å². The Morgan fingerprint density at radius 1 is 1.35 bits per heavy atom. The molecule has 20 heavy (non-hydrogen) atoms. The molecule has 1 N–H and O–H groups in total. The highest BCUT2D eigenvalue weighted by Crippen LogP contribution is 2.32. The van der Waals surface area contributed by atoms with Crippen LogP contribution < -0.4 is 0 Å². The fraction of sp³-hybridized carbons (Fsp3) is 0.500. The maximum atomic E-state index is 12.3. The highest BCUT2D eigenvalue weighted by molar-refractivity contribution is 7.88. The maximum absolute atomic E-state index is 12.3. The Balaban J connectivity index is 2.12.